The number of carbonyl (C=O) groups excluding carboxylic acids is 1. The third-order valence-electron chi connectivity index (χ3n) is 5.26. The zero-order valence-electron chi connectivity index (χ0n) is 14.9. The fourth-order valence-corrected chi connectivity index (χ4v) is 3.77. The molecule has 1 saturated heterocycles. The van der Waals surface area contributed by atoms with Crippen molar-refractivity contribution in [2.45, 2.75) is 24.6 Å². The van der Waals surface area contributed by atoms with Crippen molar-refractivity contribution in [1.29, 1.82) is 0 Å². The summed E-state index contributed by atoms with van der Waals surface area (Å²) in [5, 5.41) is 0. The Labute approximate surface area is 158 Å². The maximum atomic E-state index is 12.9. The molecular formula is C20H18F3N3O2. The molecule has 2 heterocycles. The van der Waals surface area contributed by atoms with E-state index in [9.17, 15) is 18.0 Å². The summed E-state index contributed by atoms with van der Waals surface area (Å²) in [6, 6.07) is 12.6. The van der Waals surface area contributed by atoms with Gasteiger partial charge in [-0.3, -0.25) is 9.69 Å². The van der Waals surface area contributed by atoms with Gasteiger partial charge in [-0.1, -0.05) is 30.3 Å². The van der Waals surface area contributed by atoms with Gasteiger partial charge in [0.15, 0.2) is 5.58 Å². The van der Waals surface area contributed by atoms with E-state index in [1.807, 2.05) is 35.2 Å². The van der Waals surface area contributed by atoms with Crippen LogP contribution in [0.4, 0.5) is 13.2 Å². The van der Waals surface area contributed by atoms with Gasteiger partial charge in [-0.25, -0.2) is 4.98 Å². The second-order valence-corrected chi connectivity index (χ2v) is 7.06. The van der Waals surface area contributed by atoms with Crippen LogP contribution in [-0.2, 0) is 22.9 Å². The van der Waals surface area contributed by atoms with Crippen LogP contribution < -0.4 is 5.73 Å². The summed E-state index contributed by atoms with van der Waals surface area (Å²) in [4.78, 5) is 18.4. The lowest BCUT2D eigenvalue weighted by molar-refractivity contribution is -0.137. The summed E-state index contributed by atoms with van der Waals surface area (Å²) < 4.78 is 44.2. The Hall–Kier alpha value is -2.87. The summed E-state index contributed by atoms with van der Waals surface area (Å²) in [5.41, 5.74) is 5.48. The molecule has 8 heteroatoms. The van der Waals surface area contributed by atoms with Crippen molar-refractivity contribution in [2.75, 3.05) is 13.1 Å². The number of likely N-dealkylation sites (tertiary alicyclic amines) is 1. The second-order valence-electron chi connectivity index (χ2n) is 7.06. The molecule has 0 bridgehead atoms. The summed E-state index contributed by atoms with van der Waals surface area (Å²) in [5.74, 6) is -0.0868. The van der Waals surface area contributed by atoms with Crippen LogP contribution in [0.15, 0.2) is 52.9 Å². The maximum absolute atomic E-state index is 12.9. The molecule has 1 amide bonds. The summed E-state index contributed by atoms with van der Waals surface area (Å²) in [6.07, 6.45) is -3.87. The molecule has 0 saturated carbocycles. The highest BCUT2D eigenvalue weighted by molar-refractivity contribution is 5.87. The van der Waals surface area contributed by atoms with Crippen LogP contribution >= 0.6 is 0 Å². The molecule has 4 rings (SSSR count). The number of hydrogen-bond acceptors (Lipinski definition) is 4. The molecule has 146 valence electrons. The van der Waals surface area contributed by atoms with Crippen LogP contribution in [0, 0.1) is 0 Å². The Bertz CT molecular complexity index is 1020. The monoisotopic (exact) mass is 389 g/mol. The number of nitrogens with zero attached hydrogens (tertiary/aromatic N) is 2. The molecule has 2 aromatic carbocycles. The van der Waals surface area contributed by atoms with Gasteiger partial charge >= 0.3 is 6.18 Å². The molecule has 0 aliphatic carbocycles. The Morgan fingerprint density at radius 3 is 2.64 bits per heavy atom. The lowest BCUT2D eigenvalue weighted by Gasteiger charge is -2.26. The molecule has 1 aromatic heterocycles. The zero-order chi connectivity index (χ0) is 19.9. The van der Waals surface area contributed by atoms with Crippen LogP contribution in [0.5, 0.6) is 0 Å². The van der Waals surface area contributed by atoms with Crippen molar-refractivity contribution in [3.8, 4) is 0 Å². The maximum Gasteiger partial charge on any atom is 0.416 e. The van der Waals surface area contributed by atoms with E-state index in [2.05, 4.69) is 4.98 Å². The largest absolute Gasteiger partial charge is 0.439 e. The van der Waals surface area contributed by atoms with Gasteiger partial charge in [0.2, 0.25) is 11.8 Å². The molecule has 1 unspecified atom stereocenters. The lowest BCUT2D eigenvalue weighted by Crippen LogP contribution is -2.43. The van der Waals surface area contributed by atoms with Gasteiger partial charge in [-0.05, 0) is 30.2 Å². The fraction of sp³-hybridized carbons (Fsp3) is 0.300. The van der Waals surface area contributed by atoms with Gasteiger partial charge in [0.1, 0.15) is 5.52 Å². The summed E-state index contributed by atoms with van der Waals surface area (Å²) in [6.45, 7) is 1.29. The molecule has 1 atom stereocenters. The standard InChI is InChI=1S/C20H18F3N3O2/c21-20(22,23)14-6-7-16-15(10-14)25-17(28-16)11-26-9-8-19(12-26,18(24)27)13-4-2-1-3-5-13/h1-7,10H,8-9,11-12H2,(H2,24,27). The Kier molecular flexibility index (Phi) is 4.38. The Morgan fingerprint density at radius 2 is 1.96 bits per heavy atom. The van der Waals surface area contributed by atoms with Gasteiger partial charge in [-0.2, -0.15) is 13.2 Å². The van der Waals surface area contributed by atoms with Crippen LogP contribution in [0.3, 0.4) is 0 Å². The highest BCUT2D eigenvalue weighted by atomic mass is 19.4. The second kappa shape index (κ2) is 6.63. The number of nitrogens with two attached hydrogens (primary N) is 1. The fourth-order valence-electron chi connectivity index (χ4n) is 3.77. The SMILES string of the molecule is NC(=O)C1(c2ccccc2)CCN(Cc2nc3cc(C(F)(F)F)ccc3o2)C1. The zero-order valence-corrected chi connectivity index (χ0v) is 14.9. The van der Waals surface area contributed by atoms with Crippen molar-refractivity contribution in [2.24, 2.45) is 5.73 Å². The molecule has 0 radical (unpaired) electrons. The van der Waals surface area contributed by atoms with Crippen LogP contribution in [0.25, 0.3) is 11.1 Å². The van der Waals surface area contributed by atoms with E-state index >= 15 is 0 Å². The number of alkyl halides is 3. The Balaban J connectivity index is 1.56. The van der Waals surface area contributed by atoms with Crippen molar-refractivity contribution >= 4 is 17.0 Å². The minimum Gasteiger partial charge on any atom is -0.439 e. The number of aromatic nitrogens is 1. The van der Waals surface area contributed by atoms with Gasteiger partial charge in [0.05, 0.1) is 17.5 Å². The van der Waals surface area contributed by atoms with Gasteiger partial charge < -0.3 is 10.2 Å². The van der Waals surface area contributed by atoms with E-state index in [1.165, 1.54) is 6.07 Å². The third kappa shape index (κ3) is 3.24. The van der Waals surface area contributed by atoms with Crippen LogP contribution in [0.2, 0.25) is 0 Å². The predicted molar refractivity (Wildman–Crippen MR) is 96.2 cm³/mol. The van der Waals surface area contributed by atoms with Crippen molar-refractivity contribution in [3.63, 3.8) is 0 Å². The first-order valence-corrected chi connectivity index (χ1v) is 8.82. The number of oxazole rings is 1. The average molecular weight is 389 g/mol. The number of amides is 1. The lowest BCUT2D eigenvalue weighted by atomic mass is 9.79. The van der Waals surface area contributed by atoms with Crippen molar-refractivity contribution in [3.05, 3.63) is 65.5 Å². The predicted octanol–water partition coefficient (Wildman–Crippen LogP) is 3.48. The molecule has 5 nitrogen and oxygen atoms in total. The first kappa shape index (κ1) is 18.5. The number of fused-ring (bicyclic) bond motifs is 1. The third-order valence-corrected chi connectivity index (χ3v) is 5.26. The molecule has 1 aliphatic rings. The van der Waals surface area contributed by atoms with Gasteiger partial charge in [0, 0.05) is 13.1 Å². The van der Waals surface area contributed by atoms with E-state index in [-0.39, 0.29) is 12.1 Å². The van der Waals surface area contributed by atoms with Crippen LogP contribution in [-0.4, -0.2) is 28.9 Å². The normalized spacial score (nSPS) is 20.7. The molecular weight excluding hydrogens is 371 g/mol. The molecule has 3 aromatic rings. The minimum absolute atomic E-state index is 0.160. The molecule has 28 heavy (non-hydrogen) atoms. The average Bonchev–Trinajstić information content (AvgIpc) is 3.25. The minimum atomic E-state index is -4.43. The first-order chi connectivity index (χ1) is 13.3. The number of rotatable bonds is 4. The number of hydrogen-bond donors (Lipinski definition) is 1. The number of benzene rings is 2. The smallest absolute Gasteiger partial charge is 0.416 e. The molecule has 2 N–H and O–H groups in total. The van der Waals surface area contributed by atoms with Gasteiger partial charge in [0.25, 0.3) is 0 Å². The van der Waals surface area contributed by atoms with E-state index in [4.69, 9.17) is 10.2 Å². The number of primary amides is 1. The number of halogens is 3. The Morgan fingerprint density at radius 1 is 1.21 bits per heavy atom. The number of carbonyl (C=O) groups is 1. The highest BCUT2D eigenvalue weighted by Crippen LogP contribution is 2.36. The summed E-state index contributed by atoms with van der Waals surface area (Å²) in [7, 11) is 0. The topological polar surface area (TPSA) is 72.4 Å². The van der Waals surface area contributed by atoms with Gasteiger partial charge in [-0.15, -0.1) is 0 Å². The van der Waals surface area contributed by atoms with Crippen LogP contribution in [0.1, 0.15) is 23.4 Å². The quantitative estimate of drug-likeness (QED) is 0.742. The molecule has 0 spiro atoms. The molecule has 1 fully saturated rings. The highest BCUT2D eigenvalue weighted by Gasteiger charge is 2.44. The summed E-state index contributed by atoms with van der Waals surface area (Å²) >= 11 is 0. The molecule has 1 aliphatic heterocycles. The van der Waals surface area contributed by atoms with E-state index < -0.39 is 23.1 Å². The van der Waals surface area contributed by atoms with Crippen molar-refractivity contribution in [1.82, 2.24) is 9.88 Å². The van der Waals surface area contributed by atoms with E-state index in [0.717, 1.165) is 17.7 Å². The first-order valence-electron chi connectivity index (χ1n) is 8.82. The van der Waals surface area contributed by atoms with Crippen molar-refractivity contribution < 1.29 is 22.4 Å². The van der Waals surface area contributed by atoms with E-state index in [1.54, 1.807) is 0 Å². The van der Waals surface area contributed by atoms with E-state index in [0.29, 0.717) is 31.0 Å².